The third-order valence-corrected chi connectivity index (χ3v) is 5.49. The van der Waals surface area contributed by atoms with Gasteiger partial charge in [-0.3, -0.25) is 4.79 Å². The molecule has 1 aromatic carbocycles. The lowest BCUT2D eigenvalue weighted by molar-refractivity contribution is -0.117. The first-order valence-corrected chi connectivity index (χ1v) is 9.08. The quantitative estimate of drug-likeness (QED) is 0.870. The van der Waals surface area contributed by atoms with Crippen LogP contribution in [0.15, 0.2) is 34.9 Å². The van der Waals surface area contributed by atoms with Crippen LogP contribution >= 0.6 is 15.9 Å². The van der Waals surface area contributed by atoms with E-state index in [0.717, 1.165) is 40.3 Å². The zero-order valence-electron chi connectivity index (χ0n) is 13.5. The molecule has 2 heterocycles. The standard InChI is InChI=1S/C18H19BrN4O/c1-11-10-13(4-5-14(11)19)23-9-7-15(18(23)24)21-16-6-8-20-17(22-16)12-2-3-12/h4-6,8,10,12,15H,2-3,7,9H2,1H3,(H,20,21,22). The van der Waals surface area contributed by atoms with E-state index in [1.54, 1.807) is 6.20 Å². The monoisotopic (exact) mass is 386 g/mol. The fraction of sp³-hybridized carbons (Fsp3) is 0.389. The molecule has 1 aliphatic carbocycles. The topological polar surface area (TPSA) is 58.1 Å². The smallest absolute Gasteiger partial charge is 0.249 e. The molecule has 1 aromatic heterocycles. The first kappa shape index (κ1) is 15.6. The highest BCUT2D eigenvalue weighted by molar-refractivity contribution is 9.10. The molecule has 4 rings (SSSR count). The maximum absolute atomic E-state index is 12.7. The lowest BCUT2D eigenvalue weighted by Gasteiger charge is -2.18. The van der Waals surface area contributed by atoms with Crippen molar-refractivity contribution in [3.05, 3.63) is 46.3 Å². The van der Waals surface area contributed by atoms with Gasteiger partial charge in [-0.2, -0.15) is 0 Å². The molecule has 1 saturated heterocycles. The second-order valence-electron chi connectivity index (χ2n) is 6.48. The molecule has 1 amide bonds. The molecule has 1 N–H and O–H groups in total. The van der Waals surface area contributed by atoms with Crippen LogP contribution in [0.4, 0.5) is 11.5 Å². The lowest BCUT2D eigenvalue weighted by atomic mass is 10.2. The number of rotatable bonds is 4. The fourth-order valence-corrected chi connectivity index (χ4v) is 3.28. The Hall–Kier alpha value is -1.95. The number of aromatic nitrogens is 2. The lowest BCUT2D eigenvalue weighted by Crippen LogP contribution is -2.33. The van der Waals surface area contributed by atoms with E-state index in [0.29, 0.717) is 5.92 Å². The molecule has 1 atom stereocenters. The Morgan fingerprint density at radius 3 is 2.83 bits per heavy atom. The number of nitrogens with zero attached hydrogens (tertiary/aromatic N) is 3. The second kappa shape index (κ2) is 6.16. The molecule has 0 radical (unpaired) electrons. The van der Waals surface area contributed by atoms with Crippen molar-refractivity contribution in [3.8, 4) is 0 Å². The molecular weight excluding hydrogens is 368 g/mol. The first-order valence-electron chi connectivity index (χ1n) is 8.29. The minimum absolute atomic E-state index is 0.100. The molecule has 0 spiro atoms. The summed E-state index contributed by atoms with van der Waals surface area (Å²) >= 11 is 3.50. The number of amides is 1. The van der Waals surface area contributed by atoms with Gasteiger partial charge >= 0.3 is 0 Å². The Labute approximate surface area is 149 Å². The number of carbonyl (C=O) groups is 1. The highest BCUT2D eigenvalue weighted by Crippen LogP contribution is 2.38. The zero-order chi connectivity index (χ0) is 16.7. The largest absolute Gasteiger partial charge is 0.358 e. The van der Waals surface area contributed by atoms with Crippen LogP contribution in [0.3, 0.4) is 0 Å². The van der Waals surface area contributed by atoms with Gasteiger partial charge in [0.05, 0.1) is 0 Å². The van der Waals surface area contributed by atoms with Gasteiger partial charge in [-0.1, -0.05) is 15.9 Å². The van der Waals surface area contributed by atoms with E-state index in [2.05, 4.69) is 31.2 Å². The van der Waals surface area contributed by atoms with Crippen molar-refractivity contribution >= 4 is 33.3 Å². The van der Waals surface area contributed by atoms with Crippen molar-refractivity contribution in [1.29, 1.82) is 0 Å². The molecule has 0 bridgehead atoms. The van der Waals surface area contributed by atoms with Crippen LogP contribution in [-0.4, -0.2) is 28.5 Å². The average molecular weight is 387 g/mol. The van der Waals surface area contributed by atoms with Crippen LogP contribution in [0.5, 0.6) is 0 Å². The van der Waals surface area contributed by atoms with Gasteiger partial charge in [0.1, 0.15) is 17.7 Å². The molecule has 24 heavy (non-hydrogen) atoms. The molecule has 5 nitrogen and oxygen atoms in total. The number of anilines is 2. The fourth-order valence-electron chi connectivity index (χ4n) is 3.04. The van der Waals surface area contributed by atoms with E-state index < -0.39 is 0 Å². The Morgan fingerprint density at radius 1 is 1.25 bits per heavy atom. The van der Waals surface area contributed by atoms with Crippen LogP contribution in [0.2, 0.25) is 0 Å². The minimum Gasteiger partial charge on any atom is -0.358 e. The number of benzene rings is 1. The molecule has 2 aliphatic rings. The van der Waals surface area contributed by atoms with Crippen LogP contribution in [-0.2, 0) is 4.79 Å². The van der Waals surface area contributed by atoms with Crippen molar-refractivity contribution in [3.63, 3.8) is 0 Å². The van der Waals surface area contributed by atoms with Crippen LogP contribution in [0, 0.1) is 6.92 Å². The molecule has 1 unspecified atom stereocenters. The molecular formula is C18H19BrN4O. The van der Waals surface area contributed by atoms with Gasteiger partial charge in [-0.05, 0) is 56.0 Å². The Balaban J connectivity index is 1.48. The number of aryl methyl sites for hydroxylation is 1. The Morgan fingerprint density at radius 2 is 2.08 bits per heavy atom. The second-order valence-corrected chi connectivity index (χ2v) is 7.34. The number of hydrogen-bond donors (Lipinski definition) is 1. The maximum Gasteiger partial charge on any atom is 0.249 e. The predicted octanol–water partition coefficient (Wildman–Crippen LogP) is 3.64. The number of halogens is 1. The van der Waals surface area contributed by atoms with Gasteiger partial charge in [0.2, 0.25) is 5.91 Å². The zero-order valence-corrected chi connectivity index (χ0v) is 15.1. The van der Waals surface area contributed by atoms with Crippen molar-refractivity contribution in [2.45, 2.75) is 38.1 Å². The van der Waals surface area contributed by atoms with Crippen LogP contribution in [0.1, 0.15) is 36.6 Å². The summed E-state index contributed by atoms with van der Waals surface area (Å²) in [7, 11) is 0. The molecule has 124 valence electrons. The third kappa shape index (κ3) is 3.02. The molecule has 2 aromatic rings. The van der Waals surface area contributed by atoms with Crippen molar-refractivity contribution in [1.82, 2.24) is 9.97 Å². The average Bonchev–Trinajstić information content (AvgIpc) is 3.37. The normalized spacial score (nSPS) is 20.5. The van der Waals surface area contributed by atoms with Crippen LogP contribution < -0.4 is 10.2 Å². The Kier molecular flexibility index (Phi) is 4.00. The summed E-state index contributed by atoms with van der Waals surface area (Å²) in [6, 6.07) is 7.63. The third-order valence-electron chi connectivity index (χ3n) is 4.60. The number of carbonyl (C=O) groups excluding carboxylic acids is 1. The van der Waals surface area contributed by atoms with E-state index in [4.69, 9.17) is 0 Å². The molecule has 1 saturated carbocycles. The molecule has 2 fully saturated rings. The van der Waals surface area contributed by atoms with Gasteiger partial charge in [0.15, 0.2) is 0 Å². The summed E-state index contributed by atoms with van der Waals surface area (Å²) in [5, 5.41) is 3.29. The van der Waals surface area contributed by atoms with Gasteiger partial charge in [0, 0.05) is 28.8 Å². The van der Waals surface area contributed by atoms with Gasteiger partial charge < -0.3 is 10.2 Å². The highest BCUT2D eigenvalue weighted by Gasteiger charge is 2.33. The minimum atomic E-state index is -0.226. The highest BCUT2D eigenvalue weighted by atomic mass is 79.9. The van der Waals surface area contributed by atoms with E-state index in [-0.39, 0.29) is 11.9 Å². The summed E-state index contributed by atoms with van der Waals surface area (Å²) in [6.45, 7) is 2.75. The van der Waals surface area contributed by atoms with E-state index >= 15 is 0 Å². The van der Waals surface area contributed by atoms with E-state index in [1.807, 2.05) is 36.1 Å². The van der Waals surface area contributed by atoms with Gasteiger partial charge in [-0.25, -0.2) is 9.97 Å². The molecule has 6 heteroatoms. The summed E-state index contributed by atoms with van der Waals surface area (Å²) in [5.41, 5.74) is 2.08. The van der Waals surface area contributed by atoms with Crippen molar-refractivity contribution in [2.75, 3.05) is 16.8 Å². The maximum atomic E-state index is 12.7. The first-order chi connectivity index (χ1) is 11.6. The number of nitrogens with one attached hydrogen (secondary N) is 1. The van der Waals surface area contributed by atoms with Crippen molar-refractivity contribution in [2.24, 2.45) is 0 Å². The number of hydrogen-bond acceptors (Lipinski definition) is 4. The molecule has 1 aliphatic heterocycles. The van der Waals surface area contributed by atoms with E-state index in [9.17, 15) is 4.79 Å². The summed E-state index contributed by atoms with van der Waals surface area (Å²) in [5.74, 6) is 2.25. The summed E-state index contributed by atoms with van der Waals surface area (Å²) in [6.07, 6.45) is 4.89. The Bertz CT molecular complexity index is 790. The summed E-state index contributed by atoms with van der Waals surface area (Å²) in [4.78, 5) is 23.5. The van der Waals surface area contributed by atoms with Gasteiger partial charge in [-0.15, -0.1) is 0 Å². The van der Waals surface area contributed by atoms with Gasteiger partial charge in [0.25, 0.3) is 0 Å². The van der Waals surface area contributed by atoms with E-state index in [1.165, 1.54) is 12.8 Å². The van der Waals surface area contributed by atoms with Crippen LogP contribution in [0.25, 0.3) is 0 Å². The predicted molar refractivity (Wildman–Crippen MR) is 97.3 cm³/mol. The SMILES string of the molecule is Cc1cc(N2CCC(Nc3ccnc(C4CC4)n3)C2=O)ccc1Br. The summed E-state index contributed by atoms with van der Waals surface area (Å²) < 4.78 is 1.06. The van der Waals surface area contributed by atoms with Crippen molar-refractivity contribution < 1.29 is 4.79 Å².